The molecule has 2 aliphatic heterocycles. The third-order valence-electron chi connectivity index (χ3n) is 8.08. The van der Waals surface area contributed by atoms with Crippen LogP contribution in [0.15, 0.2) is 64.6 Å². The molecule has 0 spiro atoms. The number of nitro groups is 2. The number of hydrogen-bond donors (Lipinski definition) is 1. The minimum Gasteiger partial charge on any atom is -0.454 e. The van der Waals surface area contributed by atoms with E-state index in [4.69, 9.17) is 9.47 Å². The fourth-order valence-electron chi connectivity index (χ4n) is 5.81. The van der Waals surface area contributed by atoms with Gasteiger partial charge in [0.2, 0.25) is 16.8 Å². The molecule has 3 aromatic rings. The molecule has 1 N–H and O–H groups in total. The van der Waals surface area contributed by atoms with E-state index in [0.717, 1.165) is 29.7 Å². The first kappa shape index (κ1) is 35.5. The van der Waals surface area contributed by atoms with Crippen molar-refractivity contribution in [2.75, 3.05) is 56.4 Å². The van der Waals surface area contributed by atoms with Crippen molar-refractivity contribution in [1.82, 2.24) is 9.21 Å². The molecule has 0 amide bonds. The van der Waals surface area contributed by atoms with Gasteiger partial charge in [-0.05, 0) is 41.7 Å². The molecule has 0 radical (unpaired) electrons. The number of anilines is 2. The Kier molecular flexibility index (Phi) is 11.0. The van der Waals surface area contributed by atoms with Crippen molar-refractivity contribution in [1.29, 1.82) is 0 Å². The van der Waals surface area contributed by atoms with Gasteiger partial charge in [-0.2, -0.15) is 9.41 Å². The lowest BCUT2D eigenvalue weighted by atomic mass is 10.1. The molecule has 1 saturated heterocycles. The molecule has 0 aliphatic carbocycles. The lowest BCUT2D eigenvalue weighted by Gasteiger charge is -2.35. The summed E-state index contributed by atoms with van der Waals surface area (Å²) >= 11 is 0. The summed E-state index contributed by atoms with van der Waals surface area (Å²) < 4.78 is 39.8. The number of piperazine rings is 1. The van der Waals surface area contributed by atoms with E-state index in [-0.39, 0.29) is 53.7 Å². The first-order chi connectivity index (χ1) is 23.3. The predicted octanol–water partition coefficient (Wildman–Crippen LogP) is 5.30. The first-order valence-electron chi connectivity index (χ1n) is 16.0. The number of sulfonamides is 1. The van der Waals surface area contributed by atoms with Gasteiger partial charge < -0.3 is 14.4 Å². The van der Waals surface area contributed by atoms with E-state index in [0.29, 0.717) is 37.4 Å². The van der Waals surface area contributed by atoms with Gasteiger partial charge in [0.1, 0.15) is 10.6 Å². The molecule has 3 aromatic carbocycles. The second-order valence-electron chi connectivity index (χ2n) is 12.9. The van der Waals surface area contributed by atoms with Gasteiger partial charge in [0, 0.05) is 69.6 Å². The molecule has 0 unspecified atom stereocenters. The Balaban J connectivity index is 1.30. The lowest BCUT2D eigenvalue weighted by Crippen LogP contribution is -2.46. The Hall–Kier alpha value is -4.80. The molecule has 0 saturated carbocycles. The summed E-state index contributed by atoms with van der Waals surface area (Å²) in [5.74, 6) is 1.51. The zero-order valence-corrected chi connectivity index (χ0v) is 28.8. The predicted molar refractivity (Wildman–Crippen MR) is 186 cm³/mol. The molecule has 5 rings (SSSR count). The van der Waals surface area contributed by atoms with Gasteiger partial charge in [-0.25, -0.2) is 8.42 Å². The van der Waals surface area contributed by atoms with Crippen LogP contribution >= 0.6 is 0 Å². The van der Waals surface area contributed by atoms with Gasteiger partial charge in [0.05, 0.1) is 21.7 Å². The number of nitrogens with zero attached hydrogens (tertiary/aromatic N) is 6. The average molecular weight is 696 g/mol. The number of hydrazone groups is 1. The molecule has 1 fully saturated rings. The van der Waals surface area contributed by atoms with Crippen molar-refractivity contribution >= 4 is 39.0 Å². The van der Waals surface area contributed by atoms with E-state index in [1.807, 2.05) is 50.8 Å². The molecular weight excluding hydrogens is 654 g/mol. The Morgan fingerprint density at radius 3 is 2.24 bits per heavy atom. The Morgan fingerprint density at radius 1 is 0.898 bits per heavy atom. The van der Waals surface area contributed by atoms with E-state index in [9.17, 15) is 28.6 Å². The highest BCUT2D eigenvalue weighted by Crippen LogP contribution is 2.34. The highest BCUT2D eigenvalue weighted by molar-refractivity contribution is 7.89. The number of nitrogens with one attached hydrogen (secondary N) is 1. The lowest BCUT2D eigenvalue weighted by molar-refractivity contribution is -0.385. The molecule has 0 bridgehead atoms. The third kappa shape index (κ3) is 8.63. The highest BCUT2D eigenvalue weighted by Gasteiger charge is 2.30. The van der Waals surface area contributed by atoms with Crippen LogP contribution in [0.2, 0.25) is 0 Å². The molecule has 0 aromatic heterocycles. The van der Waals surface area contributed by atoms with Crippen LogP contribution < -0.4 is 19.8 Å². The van der Waals surface area contributed by atoms with Crippen LogP contribution in [0.5, 0.6) is 11.5 Å². The fraction of sp³-hybridized carbons (Fsp3) is 0.424. The maximum Gasteiger partial charge on any atom is 0.293 e. The van der Waals surface area contributed by atoms with Crippen LogP contribution in [0.3, 0.4) is 0 Å². The van der Waals surface area contributed by atoms with E-state index < -0.39 is 19.9 Å². The Bertz CT molecular complexity index is 1820. The van der Waals surface area contributed by atoms with Gasteiger partial charge >= 0.3 is 0 Å². The van der Waals surface area contributed by atoms with E-state index in [2.05, 4.69) is 15.4 Å². The van der Waals surface area contributed by atoms with Crippen LogP contribution in [0.4, 0.5) is 22.7 Å². The molecular formula is C33H41N7O8S. The van der Waals surface area contributed by atoms with Crippen LogP contribution in [0.1, 0.15) is 38.8 Å². The van der Waals surface area contributed by atoms with Gasteiger partial charge in [-0.1, -0.05) is 39.8 Å². The second-order valence-corrected chi connectivity index (χ2v) is 14.8. The molecule has 15 nitrogen and oxygen atoms in total. The quantitative estimate of drug-likeness (QED) is 0.132. The van der Waals surface area contributed by atoms with Crippen molar-refractivity contribution in [3.8, 4) is 11.5 Å². The van der Waals surface area contributed by atoms with E-state index in [1.165, 1.54) is 28.7 Å². The number of rotatable bonds is 14. The first-order valence-corrected chi connectivity index (χ1v) is 17.5. The van der Waals surface area contributed by atoms with Crippen molar-refractivity contribution in [2.24, 2.45) is 16.9 Å². The number of fused-ring (bicyclic) bond motifs is 1. The summed E-state index contributed by atoms with van der Waals surface area (Å²) in [5, 5.41) is 27.8. The molecule has 262 valence electrons. The van der Waals surface area contributed by atoms with Gasteiger partial charge in [0.15, 0.2) is 11.5 Å². The van der Waals surface area contributed by atoms with Crippen LogP contribution in [-0.4, -0.2) is 79.7 Å². The molecule has 2 aliphatic rings. The monoisotopic (exact) mass is 695 g/mol. The summed E-state index contributed by atoms with van der Waals surface area (Å²) in [6.07, 6.45) is 1.35. The van der Waals surface area contributed by atoms with Crippen molar-refractivity contribution in [3.05, 3.63) is 86.0 Å². The van der Waals surface area contributed by atoms with E-state index in [1.54, 1.807) is 12.1 Å². The second kappa shape index (κ2) is 15.2. The van der Waals surface area contributed by atoms with Crippen molar-refractivity contribution in [3.63, 3.8) is 0 Å². The standard InChI is InChI=1S/C33H41N7O8S/c1-23(2)19-38(20-24(3)4)49(45,46)33-17-27(39(41)42)7-8-28(33)35-34-18-25-5-9-29(30(15-25)40(43)44)37-13-11-36(12-14-37)21-26-6-10-31-32(16-26)48-22-47-31/h5-10,15-18,23-24,35H,11-14,19-22H2,1-4H3/b34-18-. The van der Waals surface area contributed by atoms with Crippen LogP contribution in [0.25, 0.3) is 0 Å². The van der Waals surface area contributed by atoms with Crippen molar-refractivity contribution in [2.45, 2.75) is 39.1 Å². The minimum absolute atomic E-state index is 0.0190. The van der Waals surface area contributed by atoms with Crippen LogP contribution in [0, 0.1) is 32.1 Å². The normalized spacial score (nSPS) is 15.1. The Labute approximate surface area is 285 Å². The summed E-state index contributed by atoms with van der Waals surface area (Å²) in [6.45, 7) is 11.6. The summed E-state index contributed by atoms with van der Waals surface area (Å²) in [6, 6.07) is 14.2. The largest absolute Gasteiger partial charge is 0.454 e. The number of nitro benzene ring substituents is 2. The van der Waals surface area contributed by atoms with Gasteiger partial charge in [0.25, 0.3) is 11.4 Å². The number of ether oxygens (including phenoxy) is 2. The minimum atomic E-state index is -4.15. The average Bonchev–Trinajstić information content (AvgIpc) is 3.52. The van der Waals surface area contributed by atoms with Gasteiger partial charge in [-0.15, -0.1) is 0 Å². The van der Waals surface area contributed by atoms with Gasteiger partial charge in [-0.3, -0.25) is 30.6 Å². The zero-order chi connectivity index (χ0) is 35.3. The third-order valence-corrected chi connectivity index (χ3v) is 9.95. The van der Waals surface area contributed by atoms with Crippen molar-refractivity contribution < 1.29 is 27.7 Å². The molecule has 49 heavy (non-hydrogen) atoms. The number of non-ortho nitro benzene ring substituents is 1. The van der Waals surface area contributed by atoms with E-state index >= 15 is 0 Å². The number of benzene rings is 3. The Morgan fingerprint density at radius 2 is 1.59 bits per heavy atom. The zero-order valence-electron chi connectivity index (χ0n) is 27.9. The van der Waals surface area contributed by atoms with Crippen LogP contribution in [-0.2, 0) is 16.6 Å². The highest BCUT2D eigenvalue weighted by atomic mass is 32.2. The smallest absolute Gasteiger partial charge is 0.293 e. The maximum atomic E-state index is 13.8. The molecule has 16 heteroatoms. The molecule has 2 heterocycles. The SMILES string of the molecule is CC(C)CN(CC(C)C)S(=O)(=O)c1cc([N+](=O)[O-])ccc1N/N=C\c1ccc(N2CCN(Cc3ccc4c(c3)OCO4)CC2)c([N+](=O)[O-])c1. The summed E-state index contributed by atoms with van der Waals surface area (Å²) in [5.41, 5.74) is 4.31. The maximum absolute atomic E-state index is 13.8. The summed E-state index contributed by atoms with van der Waals surface area (Å²) in [7, 11) is -4.15. The topological polar surface area (TPSA) is 173 Å². The molecule has 0 atom stereocenters. The number of hydrogen-bond acceptors (Lipinski definition) is 12. The fourth-order valence-corrected chi connectivity index (χ4v) is 7.74. The summed E-state index contributed by atoms with van der Waals surface area (Å²) in [4.78, 5) is 26.6.